The Morgan fingerprint density at radius 1 is 0.886 bits per heavy atom. The summed E-state index contributed by atoms with van der Waals surface area (Å²) in [6, 6.07) is 14.4. The van der Waals surface area contributed by atoms with Crippen molar-refractivity contribution in [3.05, 3.63) is 72.6 Å². The number of hydrogen-bond donors (Lipinski definition) is 2. The molecule has 2 aromatic carbocycles. The largest absolute Gasteiger partial charge is 0.339 e. The molecule has 10 nitrogen and oxygen atoms in total. The second-order valence-corrected chi connectivity index (χ2v) is 9.78. The maximum Gasteiger partial charge on any atom is 0.261 e. The molecule has 35 heavy (non-hydrogen) atoms. The van der Waals surface area contributed by atoms with Crippen LogP contribution in [-0.4, -0.2) is 61.3 Å². The predicted octanol–water partition coefficient (Wildman–Crippen LogP) is 2.13. The number of carbonyl (C=O) groups excluding carboxylic acids is 2. The molecule has 2 N–H and O–H groups in total. The Balaban J connectivity index is 1.31. The molecule has 0 spiro atoms. The first-order valence-electron chi connectivity index (χ1n) is 11.1. The van der Waals surface area contributed by atoms with E-state index in [1.807, 2.05) is 4.90 Å². The van der Waals surface area contributed by atoms with Gasteiger partial charge in [-0.05, 0) is 48.0 Å². The van der Waals surface area contributed by atoms with E-state index in [4.69, 9.17) is 0 Å². The molecule has 1 saturated heterocycles. The zero-order valence-electron chi connectivity index (χ0n) is 19.2. The van der Waals surface area contributed by atoms with E-state index < -0.39 is 10.0 Å². The summed E-state index contributed by atoms with van der Waals surface area (Å²) in [7, 11) is -3.79. The van der Waals surface area contributed by atoms with Crippen molar-refractivity contribution in [2.45, 2.75) is 18.2 Å². The summed E-state index contributed by atoms with van der Waals surface area (Å²) in [5, 5.41) is 2.60. The van der Waals surface area contributed by atoms with Crippen LogP contribution in [0, 0.1) is 0 Å². The van der Waals surface area contributed by atoms with Gasteiger partial charge in [0.2, 0.25) is 17.8 Å². The second-order valence-electron chi connectivity index (χ2n) is 8.10. The standard InChI is InChI=1S/C24H26N6O4S/c1-18(31)27-20-7-9-22(10-8-20)35(33,34)28-21-5-3-19(4-6-21)17-23(32)29-13-15-30(16-14-29)24-25-11-2-12-26-24/h2-12,28H,13-17H2,1H3,(H,27,31). The maximum absolute atomic E-state index is 12.7. The van der Waals surface area contributed by atoms with Crippen molar-refractivity contribution >= 4 is 39.2 Å². The number of rotatable bonds is 7. The number of nitrogens with one attached hydrogen (secondary N) is 2. The van der Waals surface area contributed by atoms with Crippen molar-refractivity contribution in [3.8, 4) is 0 Å². The number of aromatic nitrogens is 2. The van der Waals surface area contributed by atoms with E-state index in [-0.39, 0.29) is 23.1 Å². The second kappa shape index (κ2) is 10.5. The van der Waals surface area contributed by atoms with E-state index in [9.17, 15) is 18.0 Å². The zero-order chi connectivity index (χ0) is 24.8. The molecule has 3 aromatic rings. The van der Waals surface area contributed by atoms with Crippen LogP contribution in [0.25, 0.3) is 0 Å². The molecule has 1 aliphatic rings. The highest BCUT2D eigenvalue weighted by molar-refractivity contribution is 7.92. The molecule has 2 amide bonds. The van der Waals surface area contributed by atoms with Crippen LogP contribution in [0.1, 0.15) is 12.5 Å². The Hall–Kier alpha value is -3.99. The average molecular weight is 495 g/mol. The third-order valence-corrected chi connectivity index (χ3v) is 6.91. The molecule has 2 heterocycles. The maximum atomic E-state index is 12.7. The van der Waals surface area contributed by atoms with Crippen molar-refractivity contribution in [1.29, 1.82) is 0 Å². The molecule has 0 saturated carbocycles. The number of amides is 2. The highest BCUT2D eigenvalue weighted by atomic mass is 32.2. The third-order valence-electron chi connectivity index (χ3n) is 5.51. The summed E-state index contributed by atoms with van der Waals surface area (Å²) < 4.78 is 27.9. The molecule has 4 rings (SSSR count). The first kappa shape index (κ1) is 24.1. The van der Waals surface area contributed by atoms with Crippen LogP contribution < -0.4 is 14.9 Å². The van der Waals surface area contributed by atoms with Crippen molar-refractivity contribution in [1.82, 2.24) is 14.9 Å². The first-order chi connectivity index (χ1) is 16.8. The lowest BCUT2D eigenvalue weighted by atomic mass is 10.1. The lowest BCUT2D eigenvalue weighted by Gasteiger charge is -2.34. The van der Waals surface area contributed by atoms with Gasteiger partial charge in [-0.25, -0.2) is 18.4 Å². The Kier molecular flexibility index (Phi) is 7.25. The smallest absolute Gasteiger partial charge is 0.261 e. The minimum absolute atomic E-state index is 0.0196. The quantitative estimate of drug-likeness (QED) is 0.516. The summed E-state index contributed by atoms with van der Waals surface area (Å²) in [6.07, 6.45) is 3.64. The number of carbonyl (C=O) groups is 2. The Bertz CT molecular complexity index is 1270. The first-order valence-corrected chi connectivity index (χ1v) is 12.6. The van der Waals surface area contributed by atoms with Crippen LogP contribution in [0.3, 0.4) is 0 Å². The monoisotopic (exact) mass is 494 g/mol. The normalized spacial score (nSPS) is 13.9. The number of anilines is 3. The molecule has 0 unspecified atom stereocenters. The summed E-state index contributed by atoms with van der Waals surface area (Å²) >= 11 is 0. The van der Waals surface area contributed by atoms with E-state index in [2.05, 4.69) is 24.9 Å². The van der Waals surface area contributed by atoms with Gasteiger partial charge in [-0.1, -0.05) is 12.1 Å². The van der Waals surface area contributed by atoms with Crippen molar-refractivity contribution in [2.75, 3.05) is 41.1 Å². The third kappa shape index (κ3) is 6.33. The molecular weight excluding hydrogens is 468 g/mol. The van der Waals surface area contributed by atoms with E-state index in [1.54, 1.807) is 42.7 Å². The van der Waals surface area contributed by atoms with Crippen LogP contribution in [0.4, 0.5) is 17.3 Å². The fourth-order valence-corrected chi connectivity index (χ4v) is 4.78. The molecule has 0 radical (unpaired) electrons. The summed E-state index contributed by atoms with van der Waals surface area (Å²) in [6.45, 7) is 3.90. The molecule has 0 bridgehead atoms. The fraction of sp³-hybridized carbons (Fsp3) is 0.250. The molecule has 11 heteroatoms. The van der Waals surface area contributed by atoms with Crippen LogP contribution in [0.2, 0.25) is 0 Å². The molecule has 0 aliphatic carbocycles. The zero-order valence-corrected chi connectivity index (χ0v) is 20.0. The lowest BCUT2D eigenvalue weighted by molar-refractivity contribution is -0.130. The van der Waals surface area contributed by atoms with Gasteiger partial charge in [0.25, 0.3) is 10.0 Å². The van der Waals surface area contributed by atoms with Crippen molar-refractivity contribution < 1.29 is 18.0 Å². The van der Waals surface area contributed by atoms with Gasteiger partial charge in [-0.3, -0.25) is 14.3 Å². The Morgan fingerprint density at radius 2 is 1.49 bits per heavy atom. The van der Waals surface area contributed by atoms with Gasteiger partial charge >= 0.3 is 0 Å². The van der Waals surface area contributed by atoms with Gasteiger partial charge < -0.3 is 15.1 Å². The van der Waals surface area contributed by atoms with Crippen LogP contribution in [0.5, 0.6) is 0 Å². The molecular formula is C24H26N6O4S. The van der Waals surface area contributed by atoms with Gasteiger partial charge in [0.15, 0.2) is 0 Å². The minimum atomic E-state index is -3.79. The van der Waals surface area contributed by atoms with Gasteiger partial charge in [-0.15, -0.1) is 0 Å². The average Bonchev–Trinajstić information content (AvgIpc) is 2.86. The van der Waals surface area contributed by atoms with Gasteiger partial charge in [0, 0.05) is 56.9 Å². The van der Waals surface area contributed by atoms with Gasteiger partial charge in [-0.2, -0.15) is 0 Å². The lowest BCUT2D eigenvalue weighted by Crippen LogP contribution is -2.49. The number of hydrogen-bond acceptors (Lipinski definition) is 7. The molecule has 1 fully saturated rings. The molecule has 1 aromatic heterocycles. The summed E-state index contributed by atoms with van der Waals surface area (Å²) in [4.78, 5) is 36.3. The molecule has 0 atom stereocenters. The van der Waals surface area contributed by atoms with Crippen molar-refractivity contribution in [2.24, 2.45) is 0 Å². The molecule has 182 valence electrons. The summed E-state index contributed by atoms with van der Waals surface area (Å²) in [5.41, 5.74) is 1.70. The topological polar surface area (TPSA) is 125 Å². The Morgan fingerprint density at radius 3 is 2.09 bits per heavy atom. The minimum Gasteiger partial charge on any atom is -0.339 e. The predicted molar refractivity (Wildman–Crippen MR) is 133 cm³/mol. The number of nitrogens with zero attached hydrogens (tertiary/aromatic N) is 4. The van der Waals surface area contributed by atoms with E-state index >= 15 is 0 Å². The van der Waals surface area contributed by atoms with E-state index in [0.29, 0.717) is 43.5 Å². The summed E-state index contributed by atoms with van der Waals surface area (Å²) in [5.74, 6) is 0.453. The van der Waals surface area contributed by atoms with E-state index in [1.165, 1.54) is 31.2 Å². The van der Waals surface area contributed by atoms with E-state index in [0.717, 1.165) is 5.56 Å². The van der Waals surface area contributed by atoms with Crippen LogP contribution in [0.15, 0.2) is 71.9 Å². The van der Waals surface area contributed by atoms with Gasteiger partial charge in [0.05, 0.1) is 11.3 Å². The van der Waals surface area contributed by atoms with Crippen LogP contribution >= 0.6 is 0 Å². The fourth-order valence-electron chi connectivity index (χ4n) is 3.72. The molecule has 1 aliphatic heterocycles. The number of sulfonamides is 1. The number of piperazine rings is 1. The Labute approximate surface area is 204 Å². The van der Waals surface area contributed by atoms with Crippen molar-refractivity contribution in [3.63, 3.8) is 0 Å². The highest BCUT2D eigenvalue weighted by Gasteiger charge is 2.22. The van der Waals surface area contributed by atoms with Crippen LogP contribution in [-0.2, 0) is 26.0 Å². The SMILES string of the molecule is CC(=O)Nc1ccc(S(=O)(=O)Nc2ccc(CC(=O)N3CCN(c4ncccn4)CC3)cc2)cc1. The number of benzene rings is 2. The van der Waals surface area contributed by atoms with Gasteiger partial charge in [0.1, 0.15) is 0 Å². The highest BCUT2D eigenvalue weighted by Crippen LogP contribution is 2.19.